The lowest BCUT2D eigenvalue weighted by Crippen LogP contribution is -2.12. The fourth-order valence-corrected chi connectivity index (χ4v) is 4.71. The molecule has 0 saturated heterocycles. The van der Waals surface area contributed by atoms with Crippen molar-refractivity contribution in [2.45, 2.75) is 155 Å². The van der Waals surface area contributed by atoms with E-state index in [1.54, 1.807) is 0 Å². The van der Waals surface area contributed by atoms with Gasteiger partial charge in [-0.25, -0.2) is 0 Å². The number of carbonyl (C=O) groups is 1. The maximum Gasteiger partial charge on any atom is 0.305 e. The molecule has 0 atom stereocenters. The molecule has 0 aromatic heterocycles. The molecule has 0 N–H and O–H groups in total. The van der Waals surface area contributed by atoms with Gasteiger partial charge in [-0.2, -0.15) is 0 Å². The summed E-state index contributed by atoms with van der Waals surface area (Å²) in [5.41, 5.74) is 1.38. The maximum absolute atomic E-state index is 11.9. The number of carbonyl (C=O) groups excluding carboxylic acids is 1. The van der Waals surface area contributed by atoms with Gasteiger partial charge in [0.1, 0.15) is 19.0 Å². The molecule has 0 bridgehead atoms. The van der Waals surface area contributed by atoms with Crippen molar-refractivity contribution in [1.29, 1.82) is 0 Å². The van der Waals surface area contributed by atoms with Crippen LogP contribution in [0.2, 0.25) is 0 Å². The van der Waals surface area contributed by atoms with Crippen LogP contribution >= 0.6 is 0 Å². The van der Waals surface area contributed by atoms with Gasteiger partial charge in [0.05, 0.1) is 0 Å². The van der Waals surface area contributed by atoms with Crippen molar-refractivity contribution in [2.24, 2.45) is 0 Å². The van der Waals surface area contributed by atoms with E-state index in [4.69, 9.17) is 9.47 Å². The van der Waals surface area contributed by atoms with E-state index in [9.17, 15) is 4.79 Å². The lowest BCUT2D eigenvalue weighted by Gasteiger charge is -2.08. The minimum atomic E-state index is -0.0910. The highest BCUT2D eigenvalue weighted by atomic mass is 16.6. The normalized spacial score (nSPS) is 11.1. The molecule has 0 unspecified atom stereocenters. The van der Waals surface area contributed by atoms with Crippen LogP contribution in [0.25, 0.3) is 0 Å². The van der Waals surface area contributed by atoms with E-state index in [1.165, 1.54) is 121 Å². The van der Waals surface area contributed by atoms with Gasteiger partial charge >= 0.3 is 5.97 Å². The Morgan fingerprint density at radius 3 is 1.50 bits per heavy atom. The van der Waals surface area contributed by atoms with Gasteiger partial charge in [-0.15, -0.1) is 0 Å². The molecular formula is C33H58O3. The van der Waals surface area contributed by atoms with Gasteiger partial charge in [0.25, 0.3) is 0 Å². The minimum absolute atomic E-state index is 0.0910. The summed E-state index contributed by atoms with van der Waals surface area (Å²) < 4.78 is 11.1. The monoisotopic (exact) mass is 502 g/mol. The topological polar surface area (TPSA) is 35.5 Å². The Labute approximate surface area is 224 Å². The van der Waals surface area contributed by atoms with Crippen molar-refractivity contribution in [3.63, 3.8) is 0 Å². The van der Waals surface area contributed by atoms with Gasteiger partial charge in [0, 0.05) is 6.42 Å². The van der Waals surface area contributed by atoms with E-state index in [1.807, 2.05) is 12.1 Å². The van der Waals surface area contributed by atoms with Crippen molar-refractivity contribution < 1.29 is 14.3 Å². The molecular weight excluding hydrogens is 444 g/mol. The molecule has 0 aliphatic rings. The predicted octanol–water partition coefficient (Wildman–Crippen LogP) is 10.4. The summed E-state index contributed by atoms with van der Waals surface area (Å²) in [6.45, 7) is 5.29. The van der Waals surface area contributed by atoms with Crippen molar-refractivity contribution >= 4 is 5.97 Å². The number of hydrogen-bond donors (Lipinski definition) is 0. The summed E-state index contributed by atoms with van der Waals surface area (Å²) in [5, 5.41) is 0. The second-order valence-electron chi connectivity index (χ2n) is 10.6. The lowest BCUT2D eigenvalue weighted by molar-refractivity contribution is -0.144. The van der Waals surface area contributed by atoms with E-state index in [0.29, 0.717) is 19.6 Å². The zero-order valence-corrected chi connectivity index (χ0v) is 24.0. The van der Waals surface area contributed by atoms with Crippen LogP contribution in [0.1, 0.15) is 154 Å². The highest BCUT2D eigenvalue weighted by molar-refractivity contribution is 5.69. The zero-order chi connectivity index (χ0) is 25.9. The van der Waals surface area contributed by atoms with Crippen LogP contribution in [-0.4, -0.2) is 19.2 Å². The minimum Gasteiger partial charge on any atom is -0.490 e. The van der Waals surface area contributed by atoms with Crippen LogP contribution in [-0.2, 0) is 16.0 Å². The summed E-state index contributed by atoms with van der Waals surface area (Å²) in [7, 11) is 0. The summed E-state index contributed by atoms with van der Waals surface area (Å²) in [4.78, 5) is 11.9. The van der Waals surface area contributed by atoms with Crippen LogP contribution < -0.4 is 4.74 Å². The molecule has 0 aliphatic carbocycles. The van der Waals surface area contributed by atoms with Gasteiger partial charge in [-0.05, 0) is 37.0 Å². The number of aryl methyl sites for hydroxylation is 1. The molecule has 0 heterocycles. The standard InChI is InChI=1S/C33H58O3/c1-3-5-7-9-11-12-13-14-15-16-18-20-22-24-33(34)36-30-29-35-32-27-25-31(26-28-32)23-21-19-17-10-8-6-4-2/h25-28H,3-24,29-30H2,1-2H3. The predicted molar refractivity (Wildman–Crippen MR) is 155 cm³/mol. The molecule has 208 valence electrons. The summed E-state index contributed by atoms with van der Waals surface area (Å²) in [5.74, 6) is 0.762. The average Bonchev–Trinajstić information content (AvgIpc) is 2.89. The fourth-order valence-electron chi connectivity index (χ4n) is 4.71. The van der Waals surface area contributed by atoms with Crippen LogP contribution in [0.5, 0.6) is 5.75 Å². The van der Waals surface area contributed by atoms with E-state index < -0.39 is 0 Å². The Morgan fingerprint density at radius 1 is 0.556 bits per heavy atom. The van der Waals surface area contributed by atoms with Crippen LogP contribution in [0.4, 0.5) is 0 Å². The van der Waals surface area contributed by atoms with E-state index in [0.717, 1.165) is 25.0 Å². The smallest absolute Gasteiger partial charge is 0.305 e. The number of ether oxygens (including phenoxy) is 2. The molecule has 0 spiro atoms. The Balaban J connectivity index is 1.89. The first-order valence-corrected chi connectivity index (χ1v) is 15.6. The summed E-state index contributed by atoms with van der Waals surface area (Å²) in [6, 6.07) is 8.39. The van der Waals surface area contributed by atoms with Gasteiger partial charge in [-0.1, -0.05) is 142 Å². The molecule has 0 aliphatic heterocycles. The van der Waals surface area contributed by atoms with Gasteiger partial charge in [-0.3, -0.25) is 4.79 Å². The molecule has 1 aromatic carbocycles. The number of benzene rings is 1. The molecule has 0 radical (unpaired) electrons. The number of rotatable bonds is 26. The third-order valence-electron chi connectivity index (χ3n) is 7.09. The quantitative estimate of drug-likeness (QED) is 0.0933. The van der Waals surface area contributed by atoms with Crippen molar-refractivity contribution in [2.75, 3.05) is 13.2 Å². The first-order chi connectivity index (χ1) is 17.8. The highest BCUT2D eigenvalue weighted by Gasteiger charge is 2.03. The van der Waals surface area contributed by atoms with Crippen molar-refractivity contribution in [3.05, 3.63) is 29.8 Å². The molecule has 0 saturated carbocycles. The second-order valence-corrected chi connectivity index (χ2v) is 10.6. The number of unbranched alkanes of at least 4 members (excludes halogenated alkanes) is 18. The molecule has 0 fully saturated rings. The SMILES string of the molecule is CCCCCCCCCCCCCCCC(=O)OCCOc1ccc(CCCCCCCCC)cc1. The number of hydrogen-bond acceptors (Lipinski definition) is 3. The van der Waals surface area contributed by atoms with Gasteiger partial charge in [0.15, 0.2) is 0 Å². The van der Waals surface area contributed by atoms with Crippen LogP contribution in [0.15, 0.2) is 24.3 Å². The van der Waals surface area contributed by atoms with Crippen LogP contribution in [0.3, 0.4) is 0 Å². The Bertz CT molecular complexity index is 595. The molecule has 3 nitrogen and oxygen atoms in total. The molecule has 3 heteroatoms. The summed E-state index contributed by atoms with van der Waals surface area (Å²) >= 11 is 0. The van der Waals surface area contributed by atoms with Crippen molar-refractivity contribution in [3.8, 4) is 5.75 Å². The van der Waals surface area contributed by atoms with Crippen LogP contribution in [0, 0.1) is 0 Å². The third-order valence-corrected chi connectivity index (χ3v) is 7.09. The van der Waals surface area contributed by atoms with E-state index >= 15 is 0 Å². The molecule has 1 aromatic rings. The largest absolute Gasteiger partial charge is 0.490 e. The first kappa shape index (κ1) is 32.5. The van der Waals surface area contributed by atoms with Gasteiger partial charge in [0.2, 0.25) is 0 Å². The average molecular weight is 503 g/mol. The summed E-state index contributed by atoms with van der Waals surface area (Å²) in [6.07, 6.45) is 28.2. The number of esters is 1. The zero-order valence-electron chi connectivity index (χ0n) is 24.0. The highest BCUT2D eigenvalue weighted by Crippen LogP contribution is 2.16. The molecule has 1 rings (SSSR count). The molecule has 0 amide bonds. The Kier molecular flexibility index (Phi) is 22.7. The fraction of sp³-hybridized carbons (Fsp3) is 0.788. The van der Waals surface area contributed by atoms with E-state index in [2.05, 4.69) is 26.0 Å². The van der Waals surface area contributed by atoms with Gasteiger partial charge < -0.3 is 9.47 Å². The first-order valence-electron chi connectivity index (χ1n) is 15.6. The third kappa shape index (κ3) is 20.7. The second kappa shape index (κ2) is 25.2. The maximum atomic E-state index is 11.9. The van der Waals surface area contributed by atoms with Crippen molar-refractivity contribution in [1.82, 2.24) is 0 Å². The van der Waals surface area contributed by atoms with E-state index in [-0.39, 0.29) is 5.97 Å². The Morgan fingerprint density at radius 2 is 1.00 bits per heavy atom. The Hall–Kier alpha value is -1.51. The molecule has 36 heavy (non-hydrogen) atoms. The lowest BCUT2D eigenvalue weighted by atomic mass is 10.0.